The number of aromatic nitrogens is 1. The Morgan fingerprint density at radius 3 is 2.38 bits per heavy atom. The molecule has 6 rings (SSSR count). The molecule has 1 N–H and O–H groups in total. The van der Waals surface area contributed by atoms with Gasteiger partial charge in [0.05, 0.1) is 19.9 Å². The van der Waals surface area contributed by atoms with E-state index in [4.69, 9.17) is 9.47 Å². The maximum atomic E-state index is 14.3. The van der Waals surface area contributed by atoms with Crippen LogP contribution in [0.2, 0.25) is 0 Å². The second kappa shape index (κ2) is 8.69. The first kappa shape index (κ1) is 23.2. The van der Waals surface area contributed by atoms with Crippen molar-refractivity contribution in [1.82, 2.24) is 14.8 Å². The lowest BCUT2D eigenvalue weighted by molar-refractivity contribution is -0.167. The van der Waals surface area contributed by atoms with Crippen LogP contribution in [-0.2, 0) is 21.7 Å². The van der Waals surface area contributed by atoms with Gasteiger partial charge in [-0.3, -0.25) is 9.59 Å². The number of hydrogen-bond acceptors (Lipinski definition) is 4. The molecule has 0 saturated carbocycles. The lowest BCUT2D eigenvalue weighted by atomic mass is 9.76. The van der Waals surface area contributed by atoms with Gasteiger partial charge in [0.25, 0.3) is 5.91 Å². The molecule has 0 aliphatic carbocycles. The Kier molecular flexibility index (Phi) is 5.44. The van der Waals surface area contributed by atoms with Crippen LogP contribution in [0.25, 0.3) is 10.9 Å². The third kappa shape index (κ3) is 3.41. The summed E-state index contributed by atoms with van der Waals surface area (Å²) in [4.78, 5) is 35.0. The molecule has 7 nitrogen and oxygen atoms in total. The maximum absolute atomic E-state index is 14.3. The third-order valence-electron chi connectivity index (χ3n) is 7.89. The minimum absolute atomic E-state index is 0.0146. The van der Waals surface area contributed by atoms with Crippen molar-refractivity contribution < 1.29 is 19.1 Å². The number of aromatic amines is 1. The maximum Gasteiger partial charge on any atom is 0.255 e. The fourth-order valence-corrected chi connectivity index (χ4v) is 6.08. The molecule has 0 radical (unpaired) electrons. The monoisotopic (exact) mass is 495 g/mol. The summed E-state index contributed by atoms with van der Waals surface area (Å²) in [6.45, 7) is 2.57. The molecular weight excluding hydrogens is 466 g/mol. The number of methoxy groups -OCH3 is 2. The Balaban J connectivity index is 1.51. The van der Waals surface area contributed by atoms with Crippen molar-refractivity contribution in [3.05, 3.63) is 95.2 Å². The average molecular weight is 496 g/mol. The molecule has 2 amide bonds. The molecule has 37 heavy (non-hydrogen) atoms. The van der Waals surface area contributed by atoms with Crippen LogP contribution in [0.5, 0.6) is 11.5 Å². The van der Waals surface area contributed by atoms with Gasteiger partial charge in [-0.1, -0.05) is 54.6 Å². The fraction of sp³-hybridized carbons (Fsp3) is 0.267. The Hall–Kier alpha value is -4.26. The van der Waals surface area contributed by atoms with E-state index in [1.165, 1.54) is 0 Å². The SMILES string of the molecule is COc1ccccc1CN1CC(=O)N2C[C@@H](c3ccccc3OC)c3c([nH]c4ccccc34)[C@@]2(C)C1=O. The van der Waals surface area contributed by atoms with Crippen LogP contribution in [0.4, 0.5) is 0 Å². The molecule has 2 atom stereocenters. The van der Waals surface area contributed by atoms with Gasteiger partial charge >= 0.3 is 0 Å². The number of hydrogen-bond donors (Lipinski definition) is 1. The molecule has 188 valence electrons. The number of rotatable bonds is 5. The van der Waals surface area contributed by atoms with E-state index in [-0.39, 0.29) is 24.3 Å². The zero-order valence-electron chi connectivity index (χ0n) is 21.2. The van der Waals surface area contributed by atoms with Gasteiger partial charge in [0, 0.05) is 41.0 Å². The normalized spacial score (nSPS) is 21.1. The number of amides is 2. The molecular formula is C30H29N3O4. The lowest BCUT2D eigenvalue weighted by Crippen LogP contribution is -2.67. The number of benzene rings is 3. The quantitative estimate of drug-likeness (QED) is 0.445. The molecule has 1 aromatic heterocycles. The van der Waals surface area contributed by atoms with Crippen molar-refractivity contribution in [2.75, 3.05) is 27.3 Å². The van der Waals surface area contributed by atoms with Crippen molar-refractivity contribution in [1.29, 1.82) is 0 Å². The summed E-state index contributed by atoms with van der Waals surface area (Å²) in [7, 11) is 3.27. The second-order valence-electron chi connectivity index (χ2n) is 9.80. The highest BCUT2D eigenvalue weighted by atomic mass is 16.5. The van der Waals surface area contributed by atoms with E-state index in [1.54, 1.807) is 24.0 Å². The van der Waals surface area contributed by atoms with Crippen LogP contribution < -0.4 is 9.47 Å². The predicted molar refractivity (Wildman–Crippen MR) is 141 cm³/mol. The van der Waals surface area contributed by atoms with Crippen LogP contribution in [0.1, 0.15) is 35.2 Å². The molecule has 1 fully saturated rings. The van der Waals surface area contributed by atoms with Gasteiger partial charge in [-0.2, -0.15) is 0 Å². The summed E-state index contributed by atoms with van der Waals surface area (Å²) in [5.74, 6) is 1.13. The third-order valence-corrected chi connectivity index (χ3v) is 7.89. The summed E-state index contributed by atoms with van der Waals surface area (Å²) < 4.78 is 11.2. The molecule has 7 heteroatoms. The van der Waals surface area contributed by atoms with Crippen LogP contribution in [-0.4, -0.2) is 53.9 Å². The standard InChI is InChI=1S/C30H29N3O4/c1-30-28-27(21-12-5-7-13-23(21)31-28)22(20-11-6-9-15-25(20)37-3)17-33(30)26(34)18-32(29(30)35)16-19-10-4-8-14-24(19)36-2/h4-15,22,31H,16-18H2,1-3H3/t22-,30-/m0/s1. The van der Waals surface area contributed by atoms with Gasteiger partial charge in [-0.15, -0.1) is 0 Å². The van der Waals surface area contributed by atoms with Gasteiger partial charge in [0.1, 0.15) is 18.0 Å². The molecule has 0 spiro atoms. The van der Waals surface area contributed by atoms with E-state index in [9.17, 15) is 9.59 Å². The average Bonchev–Trinajstić information content (AvgIpc) is 3.33. The number of fused-ring (bicyclic) bond motifs is 5. The van der Waals surface area contributed by atoms with Gasteiger partial charge in [0.15, 0.2) is 5.54 Å². The summed E-state index contributed by atoms with van der Waals surface area (Å²) in [5, 5.41) is 1.05. The zero-order chi connectivity index (χ0) is 25.7. The topological polar surface area (TPSA) is 74.9 Å². The number of carbonyl (C=O) groups is 2. The summed E-state index contributed by atoms with van der Waals surface area (Å²) in [5.41, 5.74) is 3.44. The molecule has 1 saturated heterocycles. The number of carbonyl (C=O) groups excluding carboxylic acids is 2. The van der Waals surface area contributed by atoms with Crippen molar-refractivity contribution in [2.45, 2.75) is 24.9 Å². The van der Waals surface area contributed by atoms with Crippen molar-refractivity contribution in [2.24, 2.45) is 0 Å². The minimum Gasteiger partial charge on any atom is -0.496 e. The summed E-state index contributed by atoms with van der Waals surface area (Å²) in [6.07, 6.45) is 0. The van der Waals surface area contributed by atoms with Gasteiger partial charge in [-0.05, 0) is 30.7 Å². The number of para-hydroxylation sites is 3. The van der Waals surface area contributed by atoms with E-state index in [0.717, 1.165) is 39.0 Å². The van der Waals surface area contributed by atoms with Crippen molar-refractivity contribution in [3.8, 4) is 11.5 Å². The molecule has 0 unspecified atom stereocenters. The minimum atomic E-state index is -1.16. The van der Waals surface area contributed by atoms with Crippen LogP contribution in [0.3, 0.4) is 0 Å². The van der Waals surface area contributed by atoms with E-state index >= 15 is 0 Å². The van der Waals surface area contributed by atoms with Crippen LogP contribution >= 0.6 is 0 Å². The first-order valence-electron chi connectivity index (χ1n) is 12.4. The zero-order valence-corrected chi connectivity index (χ0v) is 21.2. The molecule has 2 aliphatic heterocycles. The first-order valence-corrected chi connectivity index (χ1v) is 12.4. The number of piperazine rings is 1. The summed E-state index contributed by atoms with van der Waals surface area (Å²) in [6, 6.07) is 23.6. The smallest absolute Gasteiger partial charge is 0.255 e. The second-order valence-corrected chi connectivity index (χ2v) is 9.80. The summed E-state index contributed by atoms with van der Waals surface area (Å²) >= 11 is 0. The van der Waals surface area contributed by atoms with Crippen molar-refractivity contribution >= 4 is 22.7 Å². The highest BCUT2D eigenvalue weighted by Gasteiger charge is 2.56. The van der Waals surface area contributed by atoms with E-state index < -0.39 is 5.54 Å². The molecule has 4 aromatic rings. The largest absolute Gasteiger partial charge is 0.496 e. The Morgan fingerprint density at radius 1 is 0.919 bits per heavy atom. The van der Waals surface area contributed by atoms with E-state index in [2.05, 4.69) is 11.1 Å². The van der Waals surface area contributed by atoms with Gasteiger partial charge in [0.2, 0.25) is 5.91 Å². The van der Waals surface area contributed by atoms with Gasteiger partial charge < -0.3 is 24.3 Å². The van der Waals surface area contributed by atoms with Crippen molar-refractivity contribution in [3.63, 3.8) is 0 Å². The van der Waals surface area contributed by atoms with Crippen LogP contribution in [0.15, 0.2) is 72.8 Å². The van der Waals surface area contributed by atoms with E-state index in [0.29, 0.717) is 18.8 Å². The number of H-pyrrole nitrogens is 1. The molecule has 0 bridgehead atoms. The highest BCUT2D eigenvalue weighted by molar-refractivity contribution is 6.01. The van der Waals surface area contributed by atoms with Crippen LogP contribution in [0, 0.1) is 0 Å². The molecule has 3 aromatic carbocycles. The fourth-order valence-electron chi connectivity index (χ4n) is 6.08. The Labute approximate surface area is 215 Å². The first-order chi connectivity index (χ1) is 18.0. The Bertz CT molecular complexity index is 1530. The van der Waals surface area contributed by atoms with Gasteiger partial charge in [-0.25, -0.2) is 0 Å². The lowest BCUT2D eigenvalue weighted by Gasteiger charge is -2.51. The molecule has 2 aliphatic rings. The number of ether oxygens (including phenoxy) is 2. The predicted octanol–water partition coefficient (Wildman–Crippen LogP) is 4.42. The number of nitrogens with zero attached hydrogens (tertiary/aromatic N) is 2. The van der Waals surface area contributed by atoms with E-state index in [1.807, 2.05) is 73.7 Å². The highest BCUT2D eigenvalue weighted by Crippen LogP contribution is 2.49. The Morgan fingerprint density at radius 2 is 1.59 bits per heavy atom. The number of nitrogens with one attached hydrogen (secondary N) is 1. The molecule has 3 heterocycles.